The Hall–Kier alpha value is -2.86. The standard InChI is InChI=1S/C23H19ClF2N2O2/c24-19-3-1-14(11-20(19)26)12-22(29)23(30)28-9-6-15(7-10-28)17-5-8-27-21-4-2-16(25)13-18(17)21/h1-5,8,11,13,15H,6-7,9-10,12H2. The van der Waals surface area contributed by atoms with E-state index in [-0.39, 0.29) is 23.2 Å². The number of Topliss-reactive ketones (excluding diaryl/α,β-unsaturated/α-hetero) is 1. The lowest BCUT2D eigenvalue weighted by molar-refractivity contribution is -0.145. The van der Waals surface area contributed by atoms with E-state index in [2.05, 4.69) is 4.98 Å². The number of pyridine rings is 1. The molecule has 2 heterocycles. The Morgan fingerprint density at radius 2 is 1.83 bits per heavy atom. The van der Waals surface area contributed by atoms with Crippen molar-refractivity contribution < 1.29 is 18.4 Å². The second-order valence-electron chi connectivity index (χ2n) is 7.48. The van der Waals surface area contributed by atoms with Crippen molar-refractivity contribution in [3.05, 3.63) is 76.4 Å². The molecule has 1 aliphatic rings. The minimum atomic E-state index is -0.615. The monoisotopic (exact) mass is 428 g/mol. The quantitative estimate of drug-likeness (QED) is 0.567. The summed E-state index contributed by atoms with van der Waals surface area (Å²) in [5.74, 6) is -1.91. The lowest BCUT2D eigenvalue weighted by atomic mass is 9.87. The van der Waals surface area contributed by atoms with Gasteiger partial charge in [0, 0.05) is 31.1 Å². The van der Waals surface area contributed by atoms with Crippen LogP contribution in [-0.4, -0.2) is 34.7 Å². The van der Waals surface area contributed by atoms with Crippen molar-refractivity contribution in [2.45, 2.75) is 25.2 Å². The fourth-order valence-electron chi connectivity index (χ4n) is 3.98. The minimum Gasteiger partial charge on any atom is -0.336 e. The molecule has 154 valence electrons. The molecule has 1 amide bonds. The Labute approximate surface area is 177 Å². The number of nitrogens with zero attached hydrogens (tertiary/aromatic N) is 2. The van der Waals surface area contributed by atoms with Crippen molar-refractivity contribution in [3.63, 3.8) is 0 Å². The first-order valence-corrected chi connectivity index (χ1v) is 10.1. The number of hydrogen-bond donors (Lipinski definition) is 0. The smallest absolute Gasteiger partial charge is 0.290 e. The molecule has 3 aromatic rings. The molecular formula is C23H19ClF2N2O2. The van der Waals surface area contributed by atoms with Crippen LogP contribution in [0.5, 0.6) is 0 Å². The van der Waals surface area contributed by atoms with Gasteiger partial charge in [-0.15, -0.1) is 0 Å². The van der Waals surface area contributed by atoms with Gasteiger partial charge in [0.25, 0.3) is 5.91 Å². The summed E-state index contributed by atoms with van der Waals surface area (Å²) in [4.78, 5) is 30.7. The predicted molar refractivity (Wildman–Crippen MR) is 110 cm³/mol. The average Bonchev–Trinajstić information content (AvgIpc) is 2.75. The summed E-state index contributed by atoms with van der Waals surface area (Å²) in [5.41, 5.74) is 2.16. The highest BCUT2D eigenvalue weighted by Gasteiger charge is 2.28. The molecule has 0 saturated carbocycles. The van der Waals surface area contributed by atoms with Crippen LogP contribution in [0.3, 0.4) is 0 Å². The lowest BCUT2D eigenvalue weighted by Gasteiger charge is -2.32. The summed E-state index contributed by atoms with van der Waals surface area (Å²) < 4.78 is 27.3. The summed E-state index contributed by atoms with van der Waals surface area (Å²) in [6, 6.07) is 10.5. The Bertz CT molecular complexity index is 1130. The molecule has 30 heavy (non-hydrogen) atoms. The van der Waals surface area contributed by atoms with Gasteiger partial charge in [-0.3, -0.25) is 14.6 Å². The van der Waals surface area contributed by atoms with Crippen LogP contribution in [-0.2, 0) is 16.0 Å². The molecule has 4 rings (SSSR count). The number of fused-ring (bicyclic) bond motifs is 1. The van der Waals surface area contributed by atoms with Crippen molar-refractivity contribution in [1.29, 1.82) is 0 Å². The number of aromatic nitrogens is 1. The molecule has 0 aliphatic carbocycles. The van der Waals surface area contributed by atoms with Gasteiger partial charge in [0.15, 0.2) is 0 Å². The number of ketones is 1. The molecule has 0 bridgehead atoms. The average molecular weight is 429 g/mol. The van der Waals surface area contributed by atoms with Crippen LogP contribution in [0.25, 0.3) is 10.9 Å². The van der Waals surface area contributed by atoms with E-state index in [1.54, 1.807) is 12.3 Å². The maximum atomic E-state index is 13.7. The highest BCUT2D eigenvalue weighted by atomic mass is 35.5. The SMILES string of the molecule is O=C(Cc1ccc(Cl)c(F)c1)C(=O)N1CCC(c2ccnc3ccc(F)cc23)CC1. The number of carbonyl (C=O) groups excluding carboxylic acids is 2. The van der Waals surface area contributed by atoms with Crippen LogP contribution in [0.2, 0.25) is 5.02 Å². The Morgan fingerprint density at radius 3 is 2.57 bits per heavy atom. The van der Waals surface area contributed by atoms with E-state index in [1.807, 2.05) is 6.07 Å². The largest absolute Gasteiger partial charge is 0.336 e. The molecule has 2 aromatic carbocycles. The van der Waals surface area contributed by atoms with Gasteiger partial charge >= 0.3 is 0 Å². The van der Waals surface area contributed by atoms with Gasteiger partial charge in [0.05, 0.1) is 10.5 Å². The number of halogens is 3. The predicted octanol–water partition coefficient (Wildman–Crippen LogP) is 4.68. The molecule has 1 saturated heterocycles. The van der Waals surface area contributed by atoms with Crippen molar-refractivity contribution in [2.24, 2.45) is 0 Å². The van der Waals surface area contributed by atoms with Crippen LogP contribution in [0.4, 0.5) is 8.78 Å². The fraction of sp³-hybridized carbons (Fsp3) is 0.261. The first kappa shape index (κ1) is 20.4. The number of amides is 1. The van der Waals surface area contributed by atoms with Crippen LogP contribution >= 0.6 is 11.6 Å². The van der Waals surface area contributed by atoms with Crippen LogP contribution in [0, 0.1) is 11.6 Å². The van der Waals surface area contributed by atoms with Crippen LogP contribution in [0.15, 0.2) is 48.7 Å². The lowest BCUT2D eigenvalue weighted by Crippen LogP contribution is -2.42. The van der Waals surface area contributed by atoms with Gasteiger partial charge in [-0.1, -0.05) is 17.7 Å². The van der Waals surface area contributed by atoms with E-state index in [1.165, 1.54) is 35.2 Å². The summed E-state index contributed by atoms with van der Waals surface area (Å²) >= 11 is 5.65. The third-order valence-electron chi connectivity index (χ3n) is 5.55. The van der Waals surface area contributed by atoms with E-state index in [0.717, 1.165) is 16.5 Å². The van der Waals surface area contributed by atoms with E-state index >= 15 is 0 Å². The highest BCUT2D eigenvalue weighted by Crippen LogP contribution is 2.32. The molecule has 1 fully saturated rings. The van der Waals surface area contributed by atoms with Crippen LogP contribution < -0.4 is 0 Å². The number of likely N-dealkylation sites (tertiary alicyclic amines) is 1. The first-order valence-electron chi connectivity index (χ1n) is 9.72. The molecule has 1 aliphatic heterocycles. The normalized spacial score (nSPS) is 14.8. The summed E-state index contributed by atoms with van der Waals surface area (Å²) in [6.07, 6.45) is 2.89. The van der Waals surface area contributed by atoms with Gasteiger partial charge in [-0.25, -0.2) is 8.78 Å². The molecule has 7 heteroatoms. The fourth-order valence-corrected chi connectivity index (χ4v) is 4.09. The molecular weight excluding hydrogens is 410 g/mol. The van der Waals surface area contributed by atoms with Gasteiger partial charge in [-0.05, 0) is 66.3 Å². The highest BCUT2D eigenvalue weighted by molar-refractivity contribution is 6.36. The summed E-state index contributed by atoms with van der Waals surface area (Å²) in [7, 11) is 0. The maximum absolute atomic E-state index is 13.7. The van der Waals surface area contributed by atoms with E-state index < -0.39 is 17.5 Å². The molecule has 4 nitrogen and oxygen atoms in total. The third-order valence-corrected chi connectivity index (χ3v) is 5.85. The van der Waals surface area contributed by atoms with E-state index in [9.17, 15) is 18.4 Å². The second-order valence-corrected chi connectivity index (χ2v) is 7.88. The number of rotatable bonds is 4. The second kappa shape index (κ2) is 8.48. The zero-order valence-electron chi connectivity index (χ0n) is 16.1. The molecule has 0 unspecified atom stereocenters. The van der Waals surface area contributed by atoms with Crippen molar-refractivity contribution >= 4 is 34.2 Å². The molecule has 0 spiro atoms. The Kier molecular flexibility index (Phi) is 5.77. The van der Waals surface area contributed by atoms with Crippen molar-refractivity contribution in [3.8, 4) is 0 Å². The number of hydrogen-bond acceptors (Lipinski definition) is 3. The topological polar surface area (TPSA) is 50.3 Å². The van der Waals surface area contributed by atoms with Gasteiger partial charge in [-0.2, -0.15) is 0 Å². The third kappa shape index (κ3) is 4.19. The Balaban J connectivity index is 1.42. The number of carbonyl (C=O) groups is 2. The van der Waals surface area contributed by atoms with Gasteiger partial charge in [0.2, 0.25) is 5.78 Å². The van der Waals surface area contributed by atoms with E-state index in [0.29, 0.717) is 31.5 Å². The number of piperidine rings is 1. The summed E-state index contributed by atoms with van der Waals surface area (Å²) in [6.45, 7) is 0.868. The molecule has 0 N–H and O–H groups in total. The minimum absolute atomic E-state index is 0.0249. The van der Waals surface area contributed by atoms with Crippen LogP contribution in [0.1, 0.15) is 29.9 Å². The first-order chi connectivity index (χ1) is 14.4. The van der Waals surface area contributed by atoms with E-state index in [4.69, 9.17) is 11.6 Å². The maximum Gasteiger partial charge on any atom is 0.290 e. The summed E-state index contributed by atoms with van der Waals surface area (Å²) in [5, 5.41) is 0.756. The van der Waals surface area contributed by atoms with Crippen molar-refractivity contribution in [2.75, 3.05) is 13.1 Å². The molecule has 1 aromatic heterocycles. The molecule has 0 atom stereocenters. The van der Waals surface area contributed by atoms with Crippen molar-refractivity contribution in [1.82, 2.24) is 9.88 Å². The number of benzene rings is 2. The zero-order chi connectivity index (χ0) is 21.3. The molecule has 0 radical (unpaired) electrons. The zero-order valence-corrected chi connectivity index (χ0v) is 16.8. The van der Waals surface area contributed by atoms with Gasteiger partial charge < -0.3 is 4.90 Å². The Morgan fingerprint density at radius 1 is 1.07 bits per heavy atom. The van der Waals surface area contributed by atoms with Gasteiger partial charge in [0.1, 0.15) is 11.6 Å².